The summed E-state index contributed by atoms with van der Waals surface area (Å²) in [6.45, 7) is 2.60. The van der Waals surface area contributed by atoms with E-state index in [4.69, 9.17) is 16.3 Å². The first-order chi connectivity index (χ1) is 18.9. The Morgan fingerprint density at radius 1 is 1.10 bits per heavy atom. The number of likely N-dealkylation sites (N-methyl/N-ethyl adjacent to an activating group) is 1. The number of nitrogens with one attached hydrogen (secondary N) is 1. The van der Waals surface area contributed by atoms with E-state index in [9.17, 15) is 9.18 Å². The number of allylic oxidation sites excluding steroid dienone is 2. The highest BCUT2D eigenvalue weighted by Crippen LogP contribution is 2.38. The van der Waals surface area contributed by atoms with Crippen molar-refractivity contribution in [2.45, 2.75) is 32.6 Å². The molecule has 0 aliphatic rings. The van der Waals surface area contributed by atoms with Crippen molar-refractivity contribution in [3.63, 3.8) is 0 Å². The molecule has 4 aromatic rings. The standard InChI is InChI=1S/C32H33ClFN3O2/c1-4-25(26-16-15-24(34)20-27(26)33)32(29-19-22-11-8-9-12-28(22)36-29)23-14-17-30(35-21-23)39-18-10-6-5-7-13-31(38)37(2)3/h7-9,11-17,19-21,36H,4-6,10,18H2,1-3H3/b13-7+,32-25+. The van der Waals surface area contributed by atoms with E-state index in [1.165, 1.54) is 12.1 Å². The molecule has 2 heterocycles. The van der Waals surface area contributed by atoms with Crippen LogP contribution in [0.25, 0.3) is 22.0 Å². The van der Waals surface area contributed by atoms with Gasteiger partial charge >= 0.3 is 0 Å². The number of rotatable bonds is 11. The number of nitrogens with zero attached hydrogens (tertiary/aromatic N) is 2. The van der Waals surface area contributed by atoms with Gasteiger partial charge in [0, 0.05) is 54.1 Å². The molecule has 202 valence electrons. The van der Waals surface area contributed by atoms with Crippen LogP contribution in [0.5, 0.6) is 5.88 Å². The molecule has 2 aromatic carbocycles. The lowest BCUT2D eigenvalue weighted by molar-refractivity contribution is -0.123. The molecular weight excluding hydrogens is 513 g/mol. The summed E-state index contributed by atoms with van der Waals surface area (Å²) in [5.41, 5.74) is 5.60. The van der Waals surface area contributed by atoms with Gasteiger partial charge in [-0.3, -0.25) is 4.79 Å². The number of benzene rings is 2. The molecule has 0 atom stereocenters. The predicted octanol–water partition coefficient (Wildman–Crippen LogP) is 7.92. The lowest BCUT2D eigenvalue weighted by atomic mass is 9.91. The number of amides is 1. The van der Waals surface area contributed by atoms with E-state index in [-0.39, 0.29) is 11.7 Å². The van der Waals surface area contributed by atoms with Crippen molar-refractivity contribution in [3.05, 3.63) is 107 Å². The molecule has 0 saturated heterocycles. The molecule has 0 aliphatic carbocycles. The van der Waals surface area contributed by atoms with Crippen molar-refractivity contribution in [3.8, 4) is 5.88 Å². The second-order valence-corrected chi connectivity index (χ2v) is 9.87. The number of carbonyl (C=O) groups is 1. The smallest absolute Gasteiger partial charge is 0.245 e. The van der Waals surface area contributed by atoms with Gasteiger partial charge in [0.15, 0.2) is 0 Å². The van der Waals surface area contributed by atoms with Crippen LogP contribution in [0.2, 0.25) is 5.02 Å². The minimum absolute atomic E-state index is 0.00987. The summed E-state index contributed by atoms with van der Waals surface area (Å²) in [5, 5.41) is 1.47. The van der Waals surface area contributed by atoms with Gasteiger partial charge in [0.05, 0.1) is 11.6 Å². The lowest BCUT2D eigenvalue weighted by Crippen LogP contribution is -2.18. The molecule has 0 unspecified atom stereocenters. The molecule has 0 fully saturated rings. The minimum atomic E-state index is -0.368. The summed E-state index contributed by atoms with van der Waals surface area (Å²) in [6, 6.07) is 18.6. The maximum Gasteiger partial charge on any atom is 0.245 e. The maximum absolute atomic E-state index is 13.8. The van der Waals surface area contributed by atoms with Crippen LogP contribution in [0.4, 0.5) is 4.39 Å². The summed E-state index contributed by atoms with van der Waals surface area (Å²) < 4.78 is 19.7. The fourth-order valence-electron chi connectivity index (χ4n) is 4.42. The normalized spacial score (nSPS) is 12.1. The molecule has 2 aromatic heterocycles. The number of para-hydroxylation sites is 1. The number of aromatic nitrogens is 2. The summed E-state index contributed by atoms with van der Waals surface area (Å²) in [6.07, 6.45) is 8.57. The Morgan fingerprint density at radius 2 is 1.92 bits per heavy atom. The third-order valence-corrected chi connectivity index (χ3v) is 6.76. The van der Waals surface area contributed by atoms with Crippen LogP contribution in [-0.2, 0) is 4.79 Å². The van der Waals surface area contributed by atoms with Crippen LogP contribution in [0.15, 0.2) is 79.0 Å². The number of hydrogen-bond acceptors (Lipinski definition) is 3. The van der Waals surface area contributed by atoms with E-state index in [2.05, 4.69) is 29.0 Å². The number of H-pyrrole nitrogens is 1. The monoisotopic (exact) mass is 545 g/mol. The van der Waals surface area contributed by atoms with E-state index >= 15 is 0 Å². The van der Waals surface area contributed by atoms with E-state index < -0.39 is 0 Å². The van der Waals surface area contributed by atoms with E-state index in [0.29, 0.717) is 23.9 Å². The number of aromatic amines is 1. The zero-order chi connectivity index (χ0) is 27.8. The highest BCUT2D eigenvalue weighted by molar-refractivity contribution is 6.32. The Morgan fingerprint density at radius 3 is 2.62 bits per heavy atom. The van der Waals surface area contributed by atoms with Crippen LogP contribution in [-0.4, -0.2) is 41.5 Å². The summed E-state index contributed by atoms with van der Waals surface area (Å²) in [7, 11) is 3.47. The largest absolute Gasteiger partial charge is 0.478 e. The van der Waals surface area contributed by atoms with Gasteiger partial charge in [0.25, 0.3) is 0 Å². The van der Waals surface area contributed by atoms with Crippen LogP contribution in [0, 0.1) is 5.82 Å². The van der Waals surface area contributed by atoms with Crippen LogP contribution in [0.1, 0.15) is 49.4 Å². The van der Waals surface area contributed by atoms with E-state index in [1.54, 1.807) is 37.3 Å². The van der Waals surface area contributed by atoms with Gasteiger partial charge in [-0.05, 0) is 73.2 Å². The van der Waals surface area contributed by atoms with Gasteiger partial charge in [-0.1, -0.05) is 48.9 Å². The van der Waals surface area contributed by atoms with Gasteiger partial charge in [-0.2, -0.15) is 0 Å². The summed E-state index contributed by atoms with van der Waals surface area (Å²) in [5.74, 6) is 0.169. The summed E-state index contributed by atoms with van der Waals surface area (Å²) >= 11 is 6.51. The average Bonchev–Trinajstić information content (AvgIpc) is 3.35. The second-order valence-electron chi connectivity index (χ2n) is 9.47. The number of hydrogen-bond donors (Lipinski definition) is 1. The highest BCUT2D eigenvalue weighted by atomic mass is 35.5. The first-order valence-corrected chi connectivity index (χ1v) is 13.5. The zero-order valence-corrected chi connectivity index (χ0v) is 23.3. The third kappa shape index (κ3) is 7.15. The van der Waals surface area contributed by atoms with Crippen LogP contribution >= 0.6 is 11.6 Å². The molecule has 4 rings (SSSR count). The molecule has 1 N–H and O–H groups in total. The number of pyridine rings is 1. The molecule has 0 bridgehead atoms. The van der Waals surface area contributed by atoms with Gasteiger partial charge in [0.1, 0.15) is 5.82 Å². The Hall–Kier alpha value is -3.90. The molecule has 5 nitrogen and oxygen atoms in total. The van der Waals surface area contributed by atoms with E-state index in [1.807, 2.05) is 36.4 Å². The number of unbranched alkanes of at least 4 members (excludes halogenated alkanes) is 2. The summed E-state index contributed by atoms with van der Waals surface area (Å²) in [4.78, 5) is 21.2. The fraction of sp³-hybridized carbons (Fsp3) is 0.250. The SMILES string of the molecule is CC/C(=C(/c1ccc(OCCCC/C=C/C(=O)N(C)C)nc1)c1cc2ccccc2[nH]1)c1ccc(F)cc1Cl. The number of carbonyl (C=O) groups excluding carboxylic acids is 1. The van der Waals surface area contributed by atoms with Crippen LogP contribution in [0.3, 0.4) is 0 Å². The molecule has 1 amide bonds. The minimum Gasteiger partial charge on any atom is -0.478 e. The van der Waals surface area contributed by atoms with Gasteiger partial charge in [0.2, 0.25) is 11.8 Å². The first-order valence-electron chi connectivity index (χ1n) is 13.1. The molecular formula is C32H33ClFN3O2. The number of halogens is 2. The van der Waals surface area contributed by atoms with Crippen LogP contribution < -0.4 is 4.74 Å². The first kappa shape index (κ1) is 28.1. The Balaban J connectivity index is 1.56. The van der Waals surface area contributed by atoms with Crippen molar-refractivity contribution in [2.75, 3.05) is 20.7 Å². The topological polar surface area (TPSA) is 58.2 Å². The van der Waals surface area contributed by atoms with Gasteiger partial charge in [-0.25, -0.2) is 9.37 Å². The molecule has 0 radical (unpaired) electrons. The molecule has 7 heteroatoms. The van der Waals surface area contributed by atoms with Gasteiger partial charge in [-0.15, -0.1) is 0 Å². The molecule has 0 saturated carbocycles. The lowest BCUT2D eigenvalue weighted by Gasteiger charge is -2.16. The Bertz CT molecular complexity index is 1460. The second kappa shape index (κ2) is 13.3. The molecule has 0 aliphatic heterocycles. The van der Waals surface area contributed by atoms with E-state index in [0.717, 1.165) is 58.1 Å². The zero-order valence-electron chi connectivity index (χ0n) is 22.5. The molecule has 0 spiro atoms. The Labute approximate surface area is 234 Å². The fourth-order valence-corrected chi connectivity index (χ4v) is 4.71. The van der Waals surface area contributed by atoms with Crippen molar-refractivity contribution in [1.82, 2.24) is 14.9 Å². The third-order valence-electron chi connectivity index (χ3n) is 6.45. The predicted molar refractivity (Wildman–Crippen MR) is 157 cm³/mol. The highest BCUT2D eigenvalue weighted by Gasteiger charge is 2.18. The Kier molecular flexibility index (Phi) is 9.55. The van der Waals surface area contributed by atoms with Crippen molar-refractivity contribution < 1.29 is 13.9 Å². The van der Waals surface area contributed by atoms with Crippen molar-refractivity contribution in [1.29, 1.82) is 0 Å². The maximum atomic E-state index is 13.8. The van der Waals surface area contributed by atoms with Crippen molar-refractivity contribution in [2.24, 2.45) is 0 Å². The van der Waals surface area contributed by atoms with Gasteiger partial charge < -0.3 is 14.6 Å². The van der Waals surface area contributed by atoms with Crippen molar-refractivity contribution >= 4 is 39.6 Å². The number of ether oxygens (including phenoxy) is 1. The quantitative estimate of drug-likeness (QED) is 0.154. The number of fused-ring (bicyclic) bond motifs is 1. The molecule has 39 heavy (non-hydrogen) atoms. The average molecular weight is 546 g/mol.